The maximum atomic E-state index is 13.1. The molecule has 116 valence electrons. The Hall–Kier alpha value is -0.810. The molecular formula is C16H18BrF3O. The zero-order valence-corrected chi connectivity index (χ0v) is 13.2. The summed E-state index contributed by atoms with van der Waals surface area (Å²) < 4.78 is 39.8. The predicted molar refractivity (Wildman–Crippen MR) is 79.9 cm³/mol. The second-order valence-corrected chi connectivity index (χ2v) is 6.28. The monoisotopic (exact) mass is 362 g/mol. The highest BCUT2D eigenvalue weighted by molar-refractivity contribution is 9.10. The van der Waals surface area contributed by atoms with E-state index in [9.17, 15) is 18.3 Å². The van der Waals surface area contributed by atoms with Gasteiger partial charge in [-0.2, -0.15) is 13.2 Å². The van der Waals surface area contributed by atoms with Crippen LogP contribution in [-0.2, 0) is 6.18 Å². The molecule has 0 radical (unpaired) electrons. The molecule has 0 heterocycles. The van der Waals surface area contributed by atoms with Crippen LogP contribution in [0.5, 0.6) is 0 Å². The summed E-state index contributed by atoms with van der Waals surface area (Å²) in [4.78, 5) is 0. The second kappa shape index (κ2) is 6.97. The van der Waals surface area contributed by atoms with Crippen molar-refractivity contribution in [3.05, 3.63) is 45.4 Å². The van der Waals surface area contributed by atoms with Gasteiger partial charge >= 0.3 is 6.18 Å². The molecule has 1 atom stereocenters. The van der Waals surface area contributed by atoms with Crippen LogP contribution in [0.1, 0.15) is 55.8 Å². The summed E-state index contributed by atoms with van der Waals surface area (Å²) in [5.74, 6) is 0. The second-order valence-electron chi connectivity index (χ2n) is 5.36. The maximum Gasteiger partial charge on any atom is 0.416 e. The van der Waals surface area contributed by atoms with Gasteiger partial charge in [0.05, 0.1) is 5.56 Å². The molecule has 1 aliphatic rings. The number of aliphatic hydroxyl groups excluding tert-OH is 1. The average Bonchev–Trinajstić information content (AvgIpc) is 2.36. The summed E-state index contributed by atoms with van der Waals surface area (Å²) in [6.07, 6.45) is 1.91. The molecule has 1 aromatic rings. The number of allylic oxidation sites excluding steroid dienone is 1. The van der Waals surface area contributed by atoms with Gasteiger partial charge in [-0.25, -0.2) is 0 Å². The molecule has 0 aliphatic heterocycles. The van der Waals surface area contributed by atoms with E-state index in [4.69, 9.17) is 0 Å². The lowest BCUT2D eigenvalue weighted by atomic mass is 9.90. The van der Waals surface area contributed by atoms with Crippen LogP contribution in [0.15, 0.2) is 34.3 Å². The number of hydrogen-bond donors (Lipinski definition) is 1. The number of hydrogen-bond acceptors (Lipinski definition) is 1. The number of halogens is 4. The minimum Gasteiger partial charge on any atom is -0.384 e. The van der Waals surface area contributed by atoms with E-state index < -0.39 is 17.8 Å². The Balaban J connectivity index is 2.36. The normalized spacial score (nSPS) is 21.1. The Morgan fingerprint density at radius 1 is 1.10 bits per heavy atom. The van der Waals surface area contributed by atoms with E-state index in [-0.39, 0.29) is 5.56 Å². The zero-order valence-electron chi connectivity index (χ0n) is 11.6. The molecule has 0 fully saturated rings. The largest absolute Gasteiger partial charge is 0.416 e. The van der Waals surface area contributed by atoms with Crippen LogP contribution in [0.4, 0.5) is 13.2 Å². The van der Waals surface area contributed by atoms with Gasteiger partial charge < -0.3 is 5.11 Å². The predicted octanol–water partition coefficient (Wildman–Crippen LogP) is 5.78. The lowest BCUT2D eigenvalue weighted by molar-refractivity contribution is -0.139. The van der Waals surface area contributed by atoms with Crippen LogP contribution in [0, 0.1) is 0 Å². The molecule has 0 saturated heterocycles. The van der Waals surface area contributed by atoms with E-state index in [2.05, 4.69) is 15.9 Å². The zero-order chi connectivity index (χ0) is 15.5. The third-order valence-corrected chi connectivity index (χ3v) is 4.29. The smallest absolute Gasteiger partial charge is 0.384 e. The van der Waals surface area contributed by atoms with Crippen molar-refractivity contribution in [1.82, 2.24) is 0 Å². The SMILES string of the molecule is OC(/C1=C/CCCCCC1)c1ccc(Br)cc1C(F)(F)F. The molecule has 0 bridgehead atoms. The molecule has 1 aromatic carbocycles. The van der Waals surface area contributed by atoms with Crippen molar-refractivity contribution in [1.29, 1.82) is 0 Å². The molecule has 0 aromatic heterocycles. The fourth-order valence-electron chi connectivity index (χ4n) is 2.68. The topological polar surface area (TPSA) is 20.2 Å². The molecular weight excluding hydrogens is 345 g/mol. The molecule has 1 aliphatic carbocycles. The molecule has 0 amide bonds. The summed E-state index contributed by atoms with van der Waals surface area (Å²) in [5.41, 5.74) is -0.118. The van der Waals surface area contributed by atoms with E-state index in [0.717, 1.165) is 38.2 Å². The third kappa shape index (κ3) is 4.33. The molecule has 0 spiro atoms. The Kier molecular flexibility index (Phi) is 5.49. The standard InChI is InChI=1S/C16H18BrF3O/c17-12-8-9-13(14(10-12)16(18,19)20)15(21)11-6-4-2-1-3-5-7-11/h6,8-10,15,21H,1-5,7H2/b11-6+. The molecule has 0 saturated carbocycles. The first-order chi connectivity index (χ1) is 9.89. The van der Waals surface area contributed by atoms with Gasteiger partial charge in [-0.05, 0) is 49.0 Å². The average molecular weight is 363 g/mol. The molecule has 21 heavy (non-hydrogen) atoms. The van der Waals surface area contributed by atoms with Crippen molar-refractivity contribution < 1.29 is 18.3 Å². The van der Waals surface area contributed by atoms with Crippen LogP contribution in [-0.4, -0.2) is 5.11 Å². The fourth-order valence-corrected chi connectivity index (χ4v) is 3.04. The summed E-state index contributed by atoms with van der Waals surface area (Å²) in [5, 5.41) is 10.4. The van der Waals surface area contributed by atoms with Crippen molar-refractivity contribution in [2.45, 2.75) is 50.8 Å². The first-order valence-electron chi connectivity index (χ1n) is 7.13. The lowest BCUT2D eigenvalue weighted by Gasteiger charge is -2.21. The minimum atomic E-state index is -4.47. The van der Waals surface area contributed by atoms with Crippen molar-refractivity contribution in [2.75, 3.05) is 0 Å². The Morgan fingerprint density at radius 2 is 1.81 bits per heavy atom. The van der Waals surface area contributed by atoms with Crippen molar-refractivity contribution in [2.24, 2.45) is 0 Å². The van der Waals surface area contributed by atoms with E-state index in [1.807, 2.05) is 6.08 Å². The highest BCUT2D eigenvalue weighted by atomic mass is 79.9. The van der Waals surface area contributed by atoms with Gasteiger partial charge in [-0.1, -0.05) is 40.9 Å². The summed E-state index contributed by atoms with van der Waals surface area (Å²) in [7, 11) is 0. The minimum absolute atomic E-state index is 0.0578. The van der Waals surface area contributed by atoms with Crippen molar-refractivity contribution in [3.63, 3.8) is 0 Å². The van der Waals surface area contributed by atoms with E-state index in [0.29, 0.717) is 16.5 Å². The highest BCUT2D eigenvalue weighted by Gasteiger charge is 2.35. The number of aliphatic hydroxyl groups is 1. The maximum absolute atomic E-state index is 13.1. The van der Waals surface area contributed by atoms with Crippen LogP contribution >= 0.6 is 15.9 Å². The van der Waals surface area contributed by atoms with E-state index in [1.54, 1.807) is 0 Å². The van der Waals surface area contributed by atoms with Gasteiger partial charge in [0.25, 0.3) is 0 Å². The molecule has 1 nitrogen and oxygen atoms in total. The molecule has 2 rings (SSSR count). The van der Waals surface area contributed by atoms with Crippen molar-refractivity contribution in [3.8, 4) is 0 Å². The molecule has 5 heteroatoms. The third-order valence-electron chi connectivity index (χ3n) is 3.79. The van der Waals surface area contributed by atoms with Gasteiger partial charge in [0.1, 0.15) is 6.10 Å². The summed E-state index contributed by atoms with van der Waals surface area (Å²) in [6.45, 7) is 0. The van der Waals surface area contributed by atoms with Crippen LogP contribution in [0.2, 0.25) is 0 Å². The summed E-state index contributed by atoms with van der Waals surface area (Å²) >= 11 is 3.06. The Bertz CT molecular complexity index is 523. The fraction of sp³-hybridized carbons (Fsp3) is 0.500. The first kappa shape index (κ1) is 16.6. The van der Waals surface area contributed by atoms with E-state index in [1.165, 1.54) is 12.1 Å². The molecule has 1 unspecified atom stereocenters. The summed E-state index contributed by atoms with van der Waals surface area (Å²) in [6, 6.07) is 3.93. The quantitative estimate of drug-likeness (QED) is 0.660. The number of rotatable bonds is 2. The Labute approximate surface area is 131 Å². The van der Waals surface area contributed by atoms with Gasteiger partial charge in [0.15, 0.2) is 0 Å². The lowest BCUT2D eigenvalue weighted by Crippen LogP contribution is -2.14. The van der Waals surface area contributed by atoms with Gasteiger partial charge in [-0.15, -0.1) is 0 Å². The van der Waals surface area contributed by atoms with Crippen LogP contribution in [0.3, 0.4) is 0 Å². The van der Waals surface area contributed by atoms with Crippen LogP contribution in [0.25, 0.3) is 0 Å². The van der Waals surface area contributed by atoms with Gasteiger partial charge in [-0.3, -0.25) is 0 Å². The number of alkyl halides is 3. The highest BCUT2D eigenvalue weighted by Crippen LogP contribution is 2.39. The van der Waals surface area contributed by atoms with Crippen molar-refractivity contribution >= 4 is 15.9 Å². The number of benzene rings is 1. The van der Waals surface area contributed by atoms with Gasteiger partial charge in [0.2, 0.25) is 0 Å². The van der Waals surface area contributed by atoms with Gasteiger partial charge in [0, 0.05) is 4.47 Å². The first-order valence-corrected chi connectivity index (χ1v) is 7.92. The van der Waals surface area contributed by atoms with E-state index >= 15 is 0 Å². The Morgan fingerprint density at radius 3 is 2.52 bits per heavy atom. The molecule has 1 N–H and O–H groups in total. The van der Waals surface area contributed by atoms with Crippen LogP contribution < -0.4 is 0 Å².